The normalized spacial score (nSPS) is 10.8. The van der Waals surface area contributed by atoms with Gasteiger partial charge in [0.05, 0.1) is 11.9 Å². The number of ether oxygens (including phenoxy) is 1. The van der Waals surface area contributed by atoms with E-state index in [0.29, 0.717) is 12.4 Å². The van der Waals surface area contributed by atoms with Crippen molar-refractivity contribution in [1.29, 1.82) is 0 Å². The molecule has 0 fully saturated rings. The Morgan fingerprint density at radius 2 is 1.76 bits per heavy atom. The molecule has 0 spiro atoms. The van der Waals surface area contributed by atoms with E-state index in [1.165, 1.54) is 18.3 Å². The van der Waals surface area contributed by atoms with Gasteiger partial charge >= 0.3 is 0 Å². The van der Waals surface area contributed by atoms with Crippen LogP contribution in [0, 0.1) is 11.6 Å². The van der Waals surface area contributed by atoms with Gasteiger partial charge < -0.3 is 4.74 Å². The predicted molar refractivity (Wildman–Crippen MR) is 94.8 cm³/mol. The van der Waals surface area contributed by atoms with Gasteiger partial charge in [0.25, 0.3) is 0 Å². The quantitative estimate of drug-likeness (QED) is 0.507. The zero-order valence-electron chi connectivity index (χ0n) is 13.3. The van der Waals surface area contributed by atoms with E-state index in [9.17, 15) is 8.78 Å². The van der Waals surface area contributed by atoms with Crippen molar-refractivity contribution in [2.24, 2.45) is 5.10 Å². The first-order valence-electron chi connectivity index (χ1n) is 7.71. The third-order valence-electron chi connectivity index (χ3n) is 3.44. The molecule has 0 aliphatic carbocycles. The van der Waals surface area contributed by atoms with Crippen LogP contribution in [0.15, 0.2) is 77.9 Å². The molecule has 3 aromatic rings. The Balaban J connectivity index is 1.61. The second-order valence-corrected chi connectivity index (χ2v) is 5.34. The Kier molecular flexibility index (Phi) is 5.36. The Morgan fingerprint density at radius 3 is 2.56 bits per heavy atom. The Bertz CT molecular complexity index is 867. The summed E-state index contributed by atoms with van der Waals surface area (Å²) >= 11 is 0. The molecule has 0 atom stereocenters. The lowest BCUT2D eigenvalue weighted by Crippen LogP contribution is -1.96. The molecule has 0 aliphatic heterocycles. The van der Waals surface area contributed by atoms with Crippen molar-refractivity contribution < 1.29 is 13.5 Å². The van der Waals surface area contributed by atoms with Gasteiger partial charge in [0.2, 0.25) is 0 Å². The molecule has 0 saturated heterocycles. The fourth-order valence-corrected chi connectivity index (χ4v) is 2.18. The molecule has 0 bridgehead atoms. The summed E-state index contributed by atoms with van der Waals surface area (Å²) in [6, 6.07) is 20.5. The molecule has 0 radical (unpaired) electrons. The molecule has 3 nitrogen and oxygen atoms in total. The van der Waals surface area contributed by atoms with E-state index in [1.807, 2.05) is 54.6 Å². The number of halogens is 2. The van der Waals surface area contributed by atoms with Crippen molar-refractivity contribution in [2.75, 3.05) is 5.43 Å². The average molecular weight is 338 g/mol. The molecule has 0 aliphatic rings. The first kappa shape index (κ1) is 16.6. The minimum atomic E-state index is -0.697. The first-order chi connectivity index (χ1) is 12.2. The number of nitrogens with one attached hydrogen (secondary N) is 1. The monoisotopic (exact) mass is 338 g/mol. The molecule has 0 aromatic heterocycles. The maximum Gasteiger partial charge on any atom is 0.151 e. The predicted octanol–water partition coefficient (Wildman–Crippen LogP) is 4.99. The number of benzene rings is 3. The largest absolute Gasteiger partial charge is 0.489 e. The highest BCUT2D eigenvalue weighted by Crippen LogP contribution is 2.16. The number of nitrogens with zero attached hydrogens (tertiary/aromatic N) is 1. The van der Waals surface area contributed by atoms with Crippen LogP contribution in [0.2, 0.25) is 0 Å². The lowest BCUT2D eigenvalue weighted by molar-refractivity contribution is 0.306. The van der Waals surface area contributed by atoms with Gasteiger partial charge in [-0.2, -0.15) is 5.10 Å². The molecule has 0 unspecified atom stereocenters. The highest BCUT2D eigenvalue weighted by atomic mass is 19.1. The van der Waals surface area contributed by atoms with Gasteiger partial charge in [-0.15, -0.1) is 0 Å². The molecular formula is C20H16F2N2O. The van der Waals surface area contributed by atoms with Gasteiger partial charge in [-0.3, -0.25) is 5.43 Å². The minimum absolute atomic E-state index is 0.106. The lowest BCUT2D eigenvalue weighted by atomic mass is 10.2. The zero-order chi connectivity index (χ0) is 17.5. The standard InChI is InChI=1S/C20H16F2N2O/c21-17-9-10-20(19(22)12-17)24-23-13-16-7-4-8-18(11-16)25-14-15-5-2-1-3-6-15/h1-13,24H,14H2/b23-13-. The molecule has 0 heterocycles. The Labute approximate surface area is 144 Å². The smallest absolute Gasteiger partial charge is 0.151 e. The maximum absolute atomic E-state index is 13.5. The van der Waals surface area contributed by atoms with E-state index in [1.54, 1.807) is 0 Å². The van der Waals surface area contributed by atoms with E-state index >= 15 is 0 Å². The fraction of sp³-hybridized carbons (Fsp3) is 0.0500. The van der Waals surface area contributed by atoms with Crippen molar-refractivity contribution in [3.63, 3.8) is 0 Å². The lowest BCUT2D eigenvalue weighted by Gasteiger charge is -2.07. The van der Waals surface area contributed by atoms with Crippen LogP contribution < -0.4 is 10.2 Å². The van der Waals surface area contributed by atoms with Crippen molar-refractivity contribution >= 4 is 11.9 Å². The molecule has 3 rings (SSSR count). The third-order valence-corrected chi connectivity index (χ3v) is 3.44. The van der Waals surface area contributed by atoms with Gasteiger partial charge in [-0.1, -0.05) is 42.5 Å². The van der Waals surface area contributed by atoms with Crippen LogP contribution in [0.3, 0.4) is 0 Å². The summed E-state index contributed by atoms with van der Waals surface area (Å²) in [5.74, 6) is -0.617. The molecule has 0 saturated carbocycles. The van der Waals surface area contributed by atoms with E-state index in [4.69, 9.17) is 4.74 Å². The van der Waals surface area contributed by atoms with Crippen LogP contribution in [-0.2, 0) is 6.61 Å². The molecule has 3 aromatic carbocycles. The Morgan fingerprint density at radius 1 is 0.920 bits per heavy atom. The van der Waals surface area contributed by atoms with E-state index < -0.39 is 11.6 Å². The fourth-order valence-electron chi connectivity index (χ4n) is 2.18. The number of hydrazone groups is 1. The van der Waals surface area contributed by atoms with Crippen molar-refractivity contribution in [3.8, 4) is 5.75 Å². The van der Waals surface area contributed by atoms with Gasteiger partial charge in [0, 0.05) is 6.07 Å². The van der Waals surface area contributed by atoms with Crippen molar-refractivity contribution in [2.45, 2.75) is 6.61 Å². The first-order valence-corrected chi connectivity index (χ1v) is 7.71. The summed E-state index contributed by atoms with van der Waals surface area (Å²) in [5.41, 5.74) is 4.53. The SMILES string of the molecule is Fc1ccc(N/N=C\c2cccc(OCc3ccccc3)c2)c(F)c1. The highest BCUT2D eigenvalue weighted by molar-refractivity contribution is 5.80. The van der Waals surface area contributed by atoms with Gasteiger partial charge in [0.1, 0.15) is 18.2 Å². The molecule has 25 heavy (non-hydrogen) atoms. The second kappa shape index (κ2) is 8.06. The van der Waals surface area contributed by atoms with Gasteiger partial charge in [-0.05, 0) is 35.4 Å². The third kappa shape index (κ3) is 4.88. The molecule has 1 N–H and O–H groups in total. The molecule has 0 amide bonds. The topological polar surface area (TPSA) is 33.6 Å². The second-order valence-electron chi connectivity index (χ2n) is 5.34. The van der Waals surface area contributed by atoms with Crippen molar-refractivity contribution in [3.05, 3.63) is 95.6 Å². The van der Waals surface area contributed by atoms with Crippen LogP contribution in [-0.4, -0.2) is 6.21 Å². The number of hydrogen-bond donors (Lipinski definition) is 1. The summed E-state index contributed by atoms with van der Waals surface area (Å²) in [6.45, 7) is 0.473. The van der Waals surface area contributed by atoms with Crippen LogP contribution in [0.5, 0.6) is 5.75 Å². The van der Waals surface area contributed by atoms with Gasteiger partial charge in [-0.25, -0.2) is 8.78 Å². The summed E-state index contributed by atoms with van der Waals surface area (Å²) in [7, 11) is 0. The summed E-state index contributed by atoms with van der Waals surface area (Å²) in [5, 5.41) is 3.97. The van der Waals surface area contributed by atoms with Crippen molar-refractivity contribution in [1.82, 2.24) is 0 Å². The van der Waals surface area contributed by atoms with E-state index in [2.05, 4.69) is 10.5 Å². The summed E-state index contributed by atoms with van der Waals surface area (Å²) in [4.78, 5) is 0. The van der Waals surface area contributed by atoms with Crippen LogP contribution in [0.1, 0.15) is 11.1 Å². The van der Waals surface area contributed by atoms with Crippen LogP contribution in [0.4, 0.5) is 14.5 Å². The number of rotatable bonds is 6. The van der Waals surface area contributed by atoms with Crippen LogP contribution in [0.25, 0.3) is 0 Å². The molecule has 5 heteroatoms. The van der Waals surface area contributed by atoms with E-state index in [-0.39, 0.29) is 5.69 Å². The summed E-state index contributed by atoms with van der Waals surface area (Å²) < 4.78 is 32.1. The van der Waals surface area contributed by atoms with E-state index in [0.717, 1.165) is 17.2 Å². The average Bonchev–Trinajstić information content (AvgIpc) is 2.63. The highest BCUT2D eigenvalue weighted by Gasteiger charge is 2.02. The number of hydrogen-bond acceptors (Lipinski definition) is 3. The minimum Gasteiger partial charge on any atom is -0.489 e. The van der Waals surface area contributed by atoms with Crippen LogP contribution >= 0.6 is 0 Å². The summed E-state index contributed by atoms with van der Waals surface area (Å²) in [6.07, 6.45) is 1.54. The molecule has 126 valence electrons. The zero-order valence-corrected chi connectivity index (χ0v) is 13.3. The van der Waals surface area contributed by atoms with Gasteiger partial charge in [0.15, 0.2) is 5.82 Å². The molecular weight excluding hydrogens is 322 g/mol. The maximum atomic E-state index is 13.5. The number of anilines is 1. The Hall–Kier alpha value is -3.21.